The highest BCUT2D eigenvalue weighted by atomic mass is 16.2. The molecule has 1 unspecified atom stereocenters. The molecule has 7 heterocycles. The van der Waals surface area contributed by atoms with Crippen molar-refractivity contribution >= 4 is 46.4 Å². The van der Waals surface area contributed by atoms with Crippen molar-refractivity contribution in [3.63, 3.8) is 0 Å². The van der Waals surface area contributed by atoms with Crippen LogP contribution in [0.15, 0.2) is 21.5 Å². The van der Waals surface area contributed by atoms with E-state index in [0.29, 0.717) is 17.5 Å². The van der Waals surface area contributed by atoms with Crippen LogP contribution < -0.4 is 16.4 Å². The van der Waals surface area contributed by atoms with Crippen LogP contribution >= 0.6 is 0 Å². The number of Topliss-reactive ketones (excluding diaryl/α,β-unsaturated/α-hetero) is 4. The average molecular weight is 956 g/mol. The van der Waals surface area contributed by atoms with Crippen LogP contribution in [0.1, 0.15) is 115 Å². The number of hydrazone groups is 2. The van der Waals surface area contributed by atoms with E-state index in [2.05, 4.69) is 82.4 Å². The molecule has 0 aromatic rings. The highest BCUT2D eigenvalue weighted by Gasteiger charge is 2.48. The number of carbonyl (C=O) groups excluding carboxylic acids is 6. The number of carbonyl (C=O) groups is 6. The van der Waals surface area contributed by atoms with E-state index in [1.807, 2.05) is 55.5 Å². The Hall–Kier alpha value is -3.74. The summed E-state index contributed by atoms with van der Waals surface area (Å²) in [6.45, 7) is 32.7. The zero-order chi connectivity index (χ0) is 52.1. The minimum Gasteiger partial charge on any atom is -0.378 e. The van der Waals surface area contributed by atoms with Crippen molar-refractivity contribution in [1.82, 2.24) is 40.3 Å². The quantitative estimate of drug-likeness (QED) is 0.349. The largest absolute Gasteiger partial charge is 0.378 e. The summed E-state index contributed by atoms with van der Waals surface area (Å²) in [6.07, 6.45) is 4.32. The molecule has 388 valence electrons. The first-order valence-electron chi connectivity index (χ1n) is 24.8. The molecule has 17 nitrogen and oxygen atoms in total. The summed E-state index contributed by atoms with van der Waals surface area (Å²) in [5.74, 6) is 2.26. The van der Waals surface area contributed by atoms with E-state index >= 15 is 0 Å². The Kier molecular flexibility index (Phi) is 23.5. The van der Waals surface area contributed by atoms with Crippen LogP contribution in [0.2, 0.25) is 0 Å². The van der Waals surface area contributed by atoms with Crippen LogP contribution in [0.3, 0.4) is 0 Å². The second-order valence-electron chi connectivity index (χ2n) is 22.1. The van der Waals surface area contributed by atoms with E-state index in [9.17, 15) is 28.8 Å². The van der Waals surface area contributed by atoms with Crippen LogP contribution in [0.4, 0.5) is 0 Å². The zero-order valence-electron chi connectivity index (χ0n) is 45.6. The van der Waals surface area contributed by atoms with Gasteiger partial charge in [0.1, 0.15) is 28.2 Å². The average Bonchev–Trinajstić information content (AvgIpc) is 3.61. The van der Waals surface area contributed by atoms with E-state index in [1.54, 1.807) is 21.0 Å². The Labute approximate surface area is 410 Å². The predicted molar refractivity (Wildman–Crippen MR) is 274 cm³/mol. The number of fused-ring (bicyclic) bond motifs is 2. The molecule has 5 atom stereocenters. The molecular weight excluding hydrogens is 863 g/mol. The molecule has 4 saturated heterocycles. The predicted octanol–water partition coefficient (Wildman–Crippen LogP) is 3.77. The van der Waals surface area contributed by atoms with Gasteiger partial charge in [-0.05, 0) is 86.6 Å². The third-order valence-electron chi connectivity index (χ3n) is 14.1. The molecule has 7 rings (SSSR count). The monoisotopic (exact) mass is 956 g/mol. The SMILES string of the molecule is CC(=O)[C@H](N)C(C)C.CC(=O)[C@H](NC1=C(C)CN(C)CC1)C(C)C.CC1CN(C)CCC1=O.CN1CCC(=O)C(C)(C)C1.CN1CCC2=NN(C)C(=O)[C@@]2(C)C1.CN1N=C2CCNC[C@]2(C)C1=O. The number of nitrogens with one attached hydrogen (secondary N) is 2. The van der Waals surface area contributed by atoms with Crippen molar-refractivity contribution in [3.05, 3.63) is 11.3 Å². The van der Waals surface area contributed by atoms with Crippen LogP contribution in [0.25, 0.3) is 0 Å². The Morgan fingerprint density at radius 3 is 1.65 bits per heavy atom. The van der Waals surface area contributed by atoms with Gasteiger partial charge in [-0.25, -0.2) is 10.0 Å². The van der Waals surface area contributed by atoms with Crippen molar-refractivity contribution in [2.45, 2.75) is 127 Å². The lowest BCUT2D eigenvalue weighted by Gasteiger charge is -2.34. The van der Waals surface area contributed by atoms with E-state index in [0.717, 1.165) is 109 Å². The summed E-state index contributed by atoms with van der Waals surface area (Å²) in [4.78, 5) is 76.5. The van der Waals surface area contributed by atoms with Gasteiger partial charge >= 0.3 is 0 Å². The number of likely N-dealkylation sites (tertiary alicyclic amines) is 3. The molecule has 0 aromatic heterocycles. The lowest BCUT2D eigenvalue weighted by Crippen LogP contribution is -2.49. The van der Waals surface area contributed by atoms with Crippen LogP contribution in [-0.2, 0) is 28.8 Å². The van der Waals surface area contributed by atoms with E-state index < -0.39 is 0 Å². The highest BCUT2D eigenvalue weighted by molar-refractivity contribution is 6.13. The van der Waals surface area contributed by atoms with Crippen molar-refractivity contribution < 1.29 is 28.8 Å². The van der Waals surface area contributed by atoms with E-state index in [1.165, 1.54) is 28.2 Å². The number of hydrogen-bond acceptors (Lipinski definition) is 15. The van der Waals surface area contributed by atoms with Gasteiger partial charge in [-0.2, -0.15) is 10.2 Å². The molecule has 68 heavy (non-hydrogen) atoms. The molecule has 7 aliphatic rings. The van der Waals surface area contributed by atoms with Crippen molar-refractivity contribution in [1.29, 1.82) is 0 Å². The van der Waals surface area contributed by atoms with Crippen molar-refractivity contribution in [2.75, 3.05) is 108 Å². The molecule has 4 fully saturated rings. The Bertz CT molecular complexity index is 1860. The molecule has 0 radical (unpaired) electrons. The Balaban J connectivity index is 0.000000284. The van der Waals surface area contributed by atoms with Gasteiger partial charge in [0, 0.05) is 122 Å². The lowest BCUT2D eigenvalue weighted by atomic mass is 9.80. The van der Waals surface area contributed by atoms with E-state index in [4.69, 9.17) is 5.73 Å². The Morgan fingerprint density at radius 2 is 1.21 bits per heavy atom. The minimum absolute atomic E-state index is 0.0339. The normalized spacial score (nSPS) is 27.3. The summed E-state index contributed by atoms with van der Waals surface area (Å²) in [5, 5.41) is 18.1. The number of piperidine rings is 4. The molecule has 17 heteroatoms. The first-order chi connectivity index (χ1) is 31.4. The minimum atomic E-state index is -0.354. The summed E-state index contributed by atoms with van der Waals surface area (Å²) in [5.41, 5.74) is 9.33. The molecule has 7 aliphatic heterocycles. The van der Waals surface area contributed by atoms with Gasteiger partial charge in [0.25, 0.3) is 11.8 Å². The molecule has 0 spiro atoms. The zero-order valence-corrected chi connectivity index (χ0v) is 45.6. The molecule has 4 N–H and O–H groups in total. The third kappa shape index (κ3) is 17.3. The smallest absolute Gasteiger partial charge is 0.255 e. The van der Waals surface area contributed by atoms with Gasteiger partial charge in [0.05, 0.1) is 23.5 Å². The fourth-order valence-corrected chi connectivity index (χ4v) is 9.45. The second-order valence-corrected chi connectivity index (χ2v) is 22.1. The maximum atomic E-state index is 11.8. The van der Waals surface area contributed by atoms with Gasteiger partial charge in [-0.3, -0.25) is 28.8 Å². The van der Waals surface area contributed by atoms with Crippen molar-refractivity contribution in [3.8, 4) is 0 Å². The summed E-state index contributed by atoms with van der Waals surface area (Å²) in [7, 11) is 11.8. The second kappa shape index (κ2) is 26.5. The number of nitrogens with two attached hydrogens (primary N) is 1. The molecule has 0 aromatic carbocycles. The fraction of sp³-hybridized carbons (Fsp3) is 0.804. The number of ketones is 4. The maximum absolute atomic E-state index is 11.8. The fourth-order valence-electron chi connectivity index (χ4n) is 9.45. The summed E-state index contributed by atoms with van der Waals surface area (Å²) in [6, 6.07) is -0.302. The molecular formula is C51H93N11O6. The van der Waals surface area contributed by atoms with Gasteiger partial charge in [-0.1, -0.05) is 48.5 Å². The van der Waals surface area contributed by atoms with Gasteiger partial charge in [0.15, 0.2) is 5.78 Å². The van der Waals surface area contributed by atoms with Crippen LogP contribution in [0, 0.1) is 34.0 Å². The van der Waals surface area contributed by atoms with Gasteiger partial charge < -0.3 is 36.0 Å². The number of nitrogens with zero attached hydrogens (tertiary/aromatic N) is 8. The maximum Gasteiger partial charge on any atom is 0.255 e. The standard InChI is InChI=1S/C13H24N2O.C9H15N3O.C8H13N3O.C8H15NO.C7H13NO.C6H13NO/c1-9(2)13(11(4)16)14-12-6-7-15(5)8-10(12)3;1-9-6-11(2)5-4-7(9)10-12(3)8(9)13;1-8-5-9-4-3-6(8)10-11(2)7(8)12;1-8(2)6-9(3)5-4-7(8)10;1-6-5-8(2)4-3-7(6)9;1-4(2)6(7)5(3)8/h9,13-14H,6-8H2,1-5H3;4-6H2,1-3H3;9H,3-5H2,1-2H3;4-6H2,1-3H3;6H,3-5H2,1-2H3;4,6H,7H2,1-3H3/t13-;9-;8-;;;6-/m100..1/s1. The number of amides is 2. The van der Waals surface area contributed by atoms with Gasteiger partial charge in [-0.15, -0.1) is 0 Å². The van der Waals surface area contributed by atoms with Crippen LogP contribution in [-0.4, -0.2) is 196 Å². The molecule has 0 aliphatic carbocycles. The molecule has 0 saturated carbocycles. The van der Waals surface area contributed by atoms with Gasteiger partial charge in [0.2, 0.25) is 0 Å². The molecule has 2 amide bonds. The number of rotatable bonds is 6. The lowest BCUT2D eigenvalue weighted by molar-refractivity contribution is -0.135. The number of likely N-dealkylation sites (N-methyl/N-ethyl adjacent to an activating group) is 1. The summed E-state index contributed by atoms with van der Waals surface area (Å²) < 4.78 is 0. The summed E-state index contributed by atoms with van der Waals surface area (Å²) >= 11 is 0. The van der Waals surface area contributed by atoms with E-state index in [-0.39, 0.29) is 63.5 Å². The first-order valence-corrected chi connectivity index (χ1v) is 24.8. The highest BCUT2D eigenvalue weighted by Crippen LogP contribution is 2.34. The topological polar surface area (TPSA) is 197 Å². The van der Waals surface area contributed by atoms with Crippen molar-refractivity contribution in [2.24, 2.45) is 49.9 Å². The number of hydrogen-bond donors (Lipinski definition) is 3. The van der Waals surface area contributed by atoms with Crippen LogP contribution in [0.5, 0.6) is 0 Å². The molecule has 0 bridgehead atoms. The third-order valence-corrected chi connectivity index (χ3v) is 14.1. The Morgan fingerprint density at radius 1 is 0.691 bits per heavy atom. The first kappa shape index (κ1) is 60.4.